The van der Waals surface area contributed by atoms with Gasteiger partial charge in [-0.25, -0.2) is 0 Å². The smallest absolute Gasteiger partial charge is 0.233 e. The molecule has 5 heteroatoms. The molecule has 2 rings (SSSR count). The molecule has 126 valence electrons. The van der Waals surface area contributed by atoms with Crippen LogP contribution in [0.1, 0.15) is 17.5 Å². The van der Waals surface area contributed by atoms with Gasteiger partial charge in [-0.3, -0.25) is 9.59 Å². The van der Waals surface area contributed by atoms with Crippen LogP contribution in [0, 0.1) is 6.92 Å². The second-order valence-electron chi connectivity index (χ2n) is 5.54. The molecule has 0 radical (unpaired) electrons. The first-order valence-electron chi connectivity index (χ1n) is 7.83. The Bertz CT molecular complexity index is 696. The van der Waals surface area contributed by atoms with Gasteiger partial charge in [-0.15, -0.1) is 0 Å². The zero-order chi connectivity index (χ0) is 17.4. The van der Waals surface area contributed by atoms with Crippen LogP contribution in [-0.2, 0) is 16.0 Å². The Labute approximate surface area is 142 Å². The summed E-state index contributed by atoms with van der Waals surface area (Å²) in [6, 6.07) is 15.1. The average Bonchev–Trinajstić information content (AvgIpc) is 2.55. The fourth-order valence-electron chi connectivity index (χ4n) is 2.27. The lowest BCUT2D eigenvalue weighted by Gasteiger charge is -2.08. The molecule has 0 saturated heterocycles. The number of aryl methyl sites for hydroxylation is 1. The molecule has 5 nitrogen and oxygen atoms in total. The van der Waals surface area contributed by atoms with Gasteiger partial charge in [-0.05, 0) is 48.7 Å². The van der Waals surface area contributed by atoms with E-state index in [9.17, 15) is 9.59 Å². The van der Waals surface area contributed by atoms with Crippen LogP contribution in [0.3, 0.4) is 0 Å². The monoisotopic (exact) mass is 326 g/mol. The van der Waals surface area contributed by atoms with Crippen LogP contribution in [0.2, 0.25) is 0 Å². The minimum Gasteiger partial charge on any atom is -0.497 e. The molecule has 2 aromatic carbocycles. The summed E-state index contributed by atoms with van der Waals surface area (Å²) in [6.07, 6.45) is 0.520. The molecule has 24 heavy (non-hydrogen) atoms. The van der Waals surface area contributed by atoms with Crippen LogP contribution in [0.5, 0.6) is 5.75 Å². The number of ether oxygens (including phenoxy) is 1. The van der Waals surface area contributed by atoms with Crippen LogP contribution in [0.4, 0.5) is 5.69 Å². The van der Waals surface area contributed by atoms with Gasteiger partial charge in [0, 0.05) is 12.2 Å². The number of methoxy groups -OCH3 is 1. The van der Waals surface area contributed by atoms with Gasteiger partial charge in [0.15, 0.2) is 0 Å². The molecule has 0 bridgehead atoms. The first kappa shape index (κ1) is 17.5. The van der Waals surface area contributed by atoms with Crippen molar-refractivity contribution in [3.8, 4) is 5.75 Å². The lowest BCUT2D eigenvalue weighted by molar-refractivity contribution is -0.126. The van der Waals surface area contributed by atoms with E-state index in [0.717, 1.165) is 16.9 Å². The maximum atomic E-state index is 11.9. The van der Waals surface area contributed by atoms with Gasteiger partial charge >= 0.3 is 0 Å². The number of hydrogen-bond donors (Lipinski definition) is 2. The highest BCUT2D eigenvalue weighted by atomic mass is 16.5. The Balaban J connectivity index is 1.71. The average molecular weight is 326 g/mol. The predicted molar refractivity (Wildman–Crippen MR) is 94.1 cm³/mol. The molecule has 0 unspecified atom stereocenters. The predicted octanol–water partition coefficient (Wildman–Crippen LogP) is 2.69. The lowest BCUT2D eigenvalue weighted by atomic mass is 10.1. The molecular formula is C19H22N2O3. The van der Waals surface area contributed by atoms with E-state index in [-0.39, 0.29) is 18.2 Å². The standard InChI is InChI=1S/C19H22N2O3/c1-14-4-3-5-16(12-14)21-19(23)13-18(22)20-11-10-15-6-8-17(24-2)9-7-15/h3-9,12H,10-11,13H2,1-2H3,(H,20,22)(H,21,23). The Kier molecular flexibility index (Phi) is 6.37. The van der Waals surface area contributed by atoms with Gasteiger partial charge in [0.25, 0.3) is 0 Å². The third-order valence-electron chi connectivity index (χ3n) is 3.52. The van der Waals surface area contributed by atoms with E-state index in [2.05, 4.69) is 10.6 Å². The van der Waals surface area contributed by atoms with Crippen molar-refractivity contribution in [2.24, 2.45) is 0 Å². The summed E-state index contributed by atoms with van der Waals surface area (Å²) < 4.78 is 5.10. The fraction of sp³-hybridized carbons (Fsp3) is 0.263. The molecule has 0 atom stereocenters. The second kappa shape index (κ2) is 8.72. The van der Waals surface area contributed by atoms with E-state index in [1.54, 1.807) is 13.2 Å². The number of hydrogen-bond acceptors (Lipinski definition) is 3. The molecule has 2 amide bonds. The molecule has 2 aromatic rings. The zero-order valence-electron chi connectivity index (χ0n) is 14.0. The van der Waals surface area contributed by atoms with Crippen molar-refractivity contribution in [3.05, 3.63) is 59.7 Å². The molecule has 0 saturated carbocycles. The molecule has 0 aliphatic carbocycles. The van der Waals surface area contributed by atoms with Crippen LogP contribution in [0.25, 0.3) is 0 Å². The Morgan fingerprint density at radius 3 is 2.46 bits per heavy atom. The molecular weight excluding hydrogens is 304 g/mol. The van der Waals surface area contributed by atoms with Crippen LogP contribution in [0.15, 0.2) is 48.5 Å². The van der Waals surface area contributed by atoms with Gasteiger partial charge in [-0.1, -0.05) is 24.3 Å². The maximum absolute atomic E-state index is 11.9. The number of carbonyl (C=O) groups excluding carboxylic acids is 2. The van der Waals surface area contributed by atoms with Crippen molar-refractivity contribution in [1.29, 1.82) is 0 Å². The molecule has 0 fully saturated rings. The molecule has 0 spiro atoms. The number of carbonyl (C=O) groups is 2. The van der Waals surface area contributed by atoms with Crippen molar-refractivity contribution in [1.82, 2.24) is 5.32 Å². The SMILES string of the molecule is COc1ccc(CCNC(=O)CC(=O)Nc2cccc(C)c2)cc1. The van der Waals surface area contributed by atoms with Gasteiger partial charge in [0.05, 0.1) is 7.11 Å². The summed E-state index contributed by atoms with van der Waals surface area (Å²) >= 11 is 0. The Hall–Kier alpha value is -2.82. The van der Waals surface area contributed by atoms with Crippen molar-refractivity contribution < 1.29 is 14.3 Å². The van der Waals surface area contributed by atoms with E-state index in [0.29, 0.717) is 18.7 Å². The third-order valence-corrected chi connectivity index (χ3v) is 3.52. The largest absolute Gasteiger partial charge is 0.497 e. The minimum absolute atomic E-state index is 0.184. The number of rotatable bonds is 7. The van der Waals surface area contributed by atoms with Crippen molar-refractivity contribution >= 4 is 17.5 Å². The topological polar surface area (TPSA) is 67.4 Å². The first-order chi connectivity index (χ1) is 11.6. The highest BCUT2D eigenvalue weighted by Crippen LogP contribution is 2.11. The number of amides is 2. The summed E-state index contributed by atoms with van der Waals surface area (Å²) in [7, 11) is 1.62. The normalized spacial score (nSPS) is 10.1. The van der Waals surface area contributed by atoms with Crippen molar-refractivity contribution in [2.45, 2.75) is 19.8 Å². The van der Waals surface area contributed by atoms with E-state index in [4.69, 9.17) is 4.74 Å². The number of benzene rings is 2. The summed E-state index contributed by atoms with van der Waals surface area (Å²) in [5, 5.41) is 5.48. The van der Waals surface area contributed by atoms with Crippen LogP contribution in [-0.4, -0.2) is 25.5 Å². The second-order valence-corrected chi connectivity index (χ2v) is 5.54. The van der Waals surface area contributed by atoms with Crippen molar-refractivity contribution in [2.75, 3.05) is 19.0 Å². The molecule has 0 aliphatic rings. The van der Waals surface area contributed by atoms with E-state index in [1.807, 2.05) is 49.4 Å². The minimum atomic E-state index is -0.317. The maximum Gasteiger partial charge on any atom is 0.233 e. The summed E-state index contributed by atoms with van der Waals surface area (Å²) in [5.41, 5.74) is 2.85. The van der Waals surface area contributed by atoms with E-state index in [1.165, 1.54) is 0 Å². The van der Waals surface area contributed by atoms with Gasteiger partial charge in [0.2, 0.25) is 11.8 Å². The summed E-state index contributed by atoms with van der Waals surface area (Å²) in [4.78, 5) is 23.7. The van der Waals surface area contributed by atoms with Crippen LogP contribution < -0.4 is 15.4 Å². The lowest BCUT2D eigenvalue weighted by Crippen LogP contribution is -2.29. The number of nitrogens with one attached hydrogen (secondary N) is 2. The molecule has 0 aliphatic heterocycles. The quantitative estimate of drug-likeness (QED) is 0.769. The fourth-order valence-corrected chi connectivity index (χ4v) is 2.27. The Morgan fingerprint density at radius 2 is 1.79 bits per heavy atom. The van der Waals surface area contributed by atoms with Gasteiger partial charge in [-0.2, -0.15) is 0 Å². The highest BCUT2D eigenvalue weighted by Gasteiger charge is 2.09. The molecule has 2 N–H and O–H groups in total. The molecule has 0 aromatic heterocycles. The summed E-state index contributed by atoms with van der Waals surface area (Å²) in [6.45, 7) is 2.43. The van der Waals surface area contributed by atoms with Crippen LogP contribution >= 0.6 is 0 Å². The Morgan fingerprint density at radius 1 is 1.04 bits per heavy atom. The van der Waals surface area contributed by atoms with Gasteiger partial charge < -0.3 is 15.4 Å². The zero-order valence-corrected chi connectivity index (χ0v) is 14.0. The third kappa shape index (κ3) is 5.76. The van der Waals surface area contributed by atoms with Crippen molar-refractivity contribution in [3.63, 3.8) is 0 Å². The van der Waals surface area contributed by atoms with E-state index >= 15 is 0 Å². The highest BCUT2D eigenvalue weighted by molar-refractivity contribution is 6.03. The van der Waals surface area contributed by atoms with E-state index < -0.39 is 0 Å². The number of anilines is 1. The summed E-state index contributed by atoms with van der Waals surface area (Å²) in [5.74, 6) is 0.201. The first-order valence-corrected chi connectivity index (χ1v) is 7.83. The van der Waals surface area contributed by atoms with Gasteiger partial charge in [0.1, 0.15) is 12.2 Å². The molecule has 0 heterocycles.